The third-order valence-electron chi connectivity index (χ3n) is 2.14. The first kappa shape index (κ1) is 14.9. The summed E-state index contributed by atoms with van der Waals surface area (Å²) in [5, 5.41) is 1.33. The van der Waals surface area contributed by atoms with Gasteiger partial charge in [0.05, 0.1) is 0 Å². The maximum atomic E-state index is 11.5. The van der Waals surface area contributed by atoms with Crippen LogP contribution in [0.3, 0.4) is 0 Å². The van der Waals surface area contributed by atoms with Crippen molar-refractivity contribution >= 4 is 11.8 Å². The summed E-state index contributed by atoms with van der Waals surface area (Å²) in [6.07, 6.45) is 3.80. The van der Waals surface area contributed by atoms with Gasteiger partial charge in [-0.2, -0.15) is 0 Å². The highest BCUT2D eigenvalue weighted by atomic mass is 16.2. The van der Waals surface area contributed by atoms with Gasteiger partial charge in [0.25, 0.3) is 0 Å². The van der Waals surface area contributed by atoms with Crippen molar-refractivity contribution in [2.75, 3.05) is 13.1 Å². The molecule has 0 saturated carbocycles. The maximum Gasteiger partial charge on any atom is 0.327 e. The van der Waals surface area contributed by atoms with Crippen LogP contribution in [0.4, 0.5) is 0 Å². The molecule has 4 N–H and O–H groups in total. The van der Waals surface area contributed by atoms with Crippen LogP contribution in [0, 0.1) is 0 Å². The van der Waals surface area contributed by atoms with E-state index in [0.29, 0.717) is 13.1 Å². The lowest BCUT2D eigenvalue weighted by Gasteiger charge is -2.22. The fraction of sp³-hybridized carbons (Fsp3) is 0.800. The van der Waals surface area contributed by atoms with Crippen molar-refractivity contribution in [3.05, 3.63) is 0 Å². The molecule has 6 heteroatoms. The summed E-state index contributed by atoms with van der Waals surface area (Å²) in [6, 6.07) is 0. The van der Waals surface area contributed by atoms with Gasteiger partial charge in [-0.05, 0) is 12.8 Å². The molecule has 0 spiro atoms. The van der Waals surface area contributed by atoms with Crippen LogP contribution in [0.15, 0.2) is 0 Å². The van der Waals surface area contributed by atoms with Gasteiger partial charge in [0.1, 0.15) is 0 Å². The zero-order valence-electron chi connectivity index (χ0n) is 10.1. The van der Waals surface area contributed by atoms with E-state index >= 15 is 0 Å². The molecule has 0 saturated heterocycles. The second-order valence-electron chi connectivity index (χ2n) is 3.55. The van der Waals surface area contributed by atoms with Crippen LogP contribution < -0.4 is 16.7 Å². The van der Waals surface area contributed by atoms with E-state index in [-0.39, 0.29) is 0 Å². The fourth-order valence-corrected chi connectivity index (χ4v) is 1.14. The van der Waals surface area contributed by atoms with Crippen molar-refractivity contribution in [1.29, 1.82) is 0 Å². The van der Waals surface area contributed by atoms with Gasteiger partial charge in [0.15, 0.2) is 0 Å². The lowest BCUT2D eigenvalue weighted by molar-refractivity contribution is -0.148. The number of amides is 2. The molecular weight excluding hydrogens is 208 g/mol. The molecule has 0 fully saturated rings. The number of hydrazine groups is 2. The molecule has 0 aromatic carbocycles. The van der Waals surface area contributed by atoms with Crippen molar-refractivity contribution in [1.82, 2.24) is 15.9 Å². The highest BCUT2D eigenvalue weighted by Gasteiger charge is 2.19. The van der Waals surface area contributed by atoms with Gasteiger partial charge in [-0.25, -0.2) is 11.3 Å². The Bertz CT molecular complexity index is 221. The Morgan fingerprint density at radius 3 is 2.31 bits per heavy atom. The van der Waals surface area contributed by atoms with Crippen LogP contribution in [0.5, 0.6) is 0 Å². The van der Waals surface area contributed by atoms with Gasteiger partial charge in [-0.15, -0.1) is 0 Å². The summed E-state index contributed by atoms with van der Waals surface area (Å²) in [5.41, 5.74) is 4.78. The Labute approximate surface area is 96.5 Å². The molecule has 16 heavy (non-hydrogen) atoms. The van der Waals surface area contributed by atoms with Crippen LogP contribution in [0.1, 0.15) is 39.5 Å². The molecule has 0 aliphatic rings. The molecule has 94 valence electrons. The second-order valence-corrected chi connectivity index (χ2v) is 3.55. The lowest BCUT2D eigenvalue weighted by atomic mass is 10.3. The van der Waals surface area contributed by atoms with E-state index in [2.05, 4.69) is 12.3 Å². The highest BCUT2D eigenvalue weighted by molar-refractivity contribution is 6.34. The van der Waals surface area contributed by atoms with Crippen LogP contribution in [0.2, 0.25) is 0 Å². The van der Waals surface area contributed by atoms with Gasteiger partial charge in [0, 0.05) is 13.1 Å². The number of nitrogens with zero attached hydrogens (tertiary/aromatic N) is 1. The van der Waals surface area contributed by atoms with E-state index in [1.807, 2.05) is 12.3 Å². The first-order valence-corrected chi connectivity index (χ1v) is 5.73. The molecule has 0 aromatic rings. The topological polar surface area (TPSA) is 87.5 Å². The number of hydrogen-bond acceptors (Lipinski definition) is 4. The molecule has 6 nitrogen and oxygen atoms in total. The minimum atomic E-state index is -0.792. The Hall–Kier alpha value is -1.14. The minimum absolute atomic E-state index is 0.520. The smallest absolute Gasteiger partial charge is 0.286 e. The fourth-order valence-electron chi connectivity index (χ4n) is 1.14. The lowest BCUT2D eigenvalue weighted by Crippen LogP contribution is -2.51. The number of hydrogen-bond donors (Lipinski definition) is 3. The summed E-state index contributed by atoms with van der Waals surface area (Å²) in [6.45, 7) is 5.29. The quantitative estimate of drug-likeness (QED) is 0.187. The SMILES string of the molecule is CCCCNN(CCCC)C(=O)C(=O)NN. The average molecular weight is 230 g/mol. The number of carbonyl (C=O) groups is 2. The van der Waals surface area contributed by atoms with Crippen molar-refractivity contribution in [2.24, 2.45) is 5.84 Å². The summed E-state index contributed by atoms with van der Waals surface area (Å²) < 4.78 is 0. The third kappa shape index (κ3) is 5.67. The number of carbonyl (C=O) groups excluding carboxylic acids is 2. The molecule has 0 rings (SSSR count). The van der Waals surface area contributed by atoms with Gasteiger partial charge < -0.3 is 0 Å². The summed E-state index contributed by atoms with van der Waals surface area (Å²) in [7, 11) is 0. The predicted octanol–water partition coefficient (Wildman–Crippen LogP) is -0.0903. The molecule has 0 unspecified atom stereocenters. The zero-order chi connectivity index (χ0) is 12.4. The Kier molecular flexibility index (Phi) is 8.46. The van der Waals surface area contributed by atoms with Gasteiger partial charge in [-0.1, -0.05) is 26.7 Å². The Morgan fingerprint density at radius 2 is 1.81 bits per heavy atom. The second kappa shape index (κ2) is 9.11. The largest absolute Gasteiger partial charge is 0.327 e. The Morgan fingerprint density at radius 1 is 1.19 bits per heavy atom. The number of rotatable bonds is 7. The highest BCUT2D eigenvalue weighted by Crippen LogP contribution is 1.94. The van der Waals surface area contributed by atoms with E-state index in [4.69, 9.17) is 5.84 Å². The molecule has 0 radical (unpaired) electrons. The van der Waals surface area contributed by atoms with E-state index in [1.165, 1.54) is 5.01 Å². The molecule has 0 bridgehead atoms. The van der Waals surface area contributed by atoms with E-state index in [1.54, 1.807) is 0 Å². The predicted molar refractivity (Wildman–Crippen MR) is 61.9 cm³/mol. The van der Waals surface area contributed by atoms with Crippen molar-refractivity contribution in [3.8, 4) is 0 Å². The molecule has 0 aromatic heterocycles. The van der Waals surface area contributed by atoms with Crippen LogP contribution in [-0.4, -0.2) is 29.9 Å². The van der Waals surface area contributed by atoms with E-state index < -0.39 is 11.8 Å². The summed E-state index contributed by atoms with van der Waals surface area (Å²) in [4.78, 5) is 22.6. The number of unbranched alkanes of at least 4 members (excludes halogenated alkanes) is 2. The van der Waals surface area contributed by atoms with Crippen LogP contribution in [0.25, 0.3) is 0 Å². The van der Waals surface area contributed by atoms with Gasteiger partial charge >= 0.3 is 11.8 Å². The van der Waals surface area contributed by atoms with Crippen molar-refractivity contribution in [2.45, 2.75) is 39.5 Å². The third-order valence-corrected chi connectivity index (χ3v) is 2.14. The van der Waals surface area contributed by atoms with Crippen LogP contribution >= 0.6 is 0 Å². The molecular formula is C10H22N4O2. The molecule has 0 aliphatic heterocycles. The van der Waals surface area contributed by atoms with E-state index in [0.717, 1.165) is 25.7 Å². The van der Waals surface area contributed by atoms with Gasteiger partial charge in [-0.3, -0.25) is 20.0 Å². The molecule has 0 aliphatic carbocycles. The average Bonchev–Trinajstić information content (AvgIpc) is 2.31. The Balaban J connectivity index is 4.17. The normalized spacial score (nSPS) is 9.94. The molecule has 0 atom stereocenters. The van der Waals surface area contributed by atoms with Crippen molar-refractivity contribution < 1.29 is 9.59 Å². The monoisotopic (exact) mass is 230 g/mol. The first-order valence-electron chi connectivity index (χ1n) is 5.73. The van der Waals surface area contributed by atoms with Gasteiger partial charge in [0.2, 0.25) is 0 Å². The van der Waals surface area contributed by atoms with Crippen LogP contribution in [-0.2, 0) is 9.59 Å². The van der Waals surface area contributed by atoms with Crippen molar-refractivity contribution in [3.63, 3.8) is 0 Å². The maximum absolute atomic E-state index is 11.5. The molecule has 2 amide bonds. The zero-order valence-corrected chi connectivity index (χ0v) is 10.1. The standard InChI is InChI=1S/C10H22N4O2/c1-3-5-7-12-14(8-6-4-2)10(16)9(15)13-11/h12H,3-8,11H2,1-2H3,(H,13,15). The van der Waals surface area contributed by atoms with E-state index in [9.17, 15) is 9.59 Å². The molecule has 0 heterocycles. The number of nitrogens with two attached hydrogens (primary N) is 1. The summed E-state index contributed by atoms with van der Waals surface area (Å²) in [5.74, 6) is 3.50. The minimum Gasteiger partial charge on any atom is -0.286 e. The first-order chi connectivity index (χ1) is 7.67. The summed E-state index contributed by atoms with van der Waals surface area (Å²) >= 11 is 0. The number of nitrogens with one attached hydrogen (secondary N) is 2.